The van der Waals surface area contributed by atoms with Crippen LogP contribution in [-0.2, 0) is 14.2 Å². The van der Waals surface area contributed by atoms with Crippen LogP contribution in [0.2, 0.25) is 0 Å². The van der Waals surface area contributed by atoms with Crippen molar-refractivity contribution in [2.24, 2.45) is 0 Å². The summed E-state index contributed by atoms with van der Waals surface area (Å²) in [6, 6.07) is 10.0. The van der Waals surface area contributed by atoms with Crippen LogP contribution < -0.4 is 14.8 Å². The van der Waals surface area contributed by atoms with Gasteiger partial charge in [-0.1, -0.05) is 12.1 Å². The van der Waals surface area contributed by atoms with Gasteiger partial charge in [-0.2, -0.15) is 0 Å². The molecule has 2 heterocycles. The van der Waals surface area contributed by atoms with Gasteiger partial charge in [0.2, 0.25) is 6.29 Å². The number of carbonyl (C=O) groups is 2. The molecule has 42 heavy (non-hydrogen) atoms. The Kier molecular flexibility index (Phi) is 10.3. The number of hydrogen-bond donors (Lipinski definition) is 8. The third kappa shape index (κ3) is 6.64. The SMILES string of the molecule is COc1ccc(O[C@@H]2O[C@H](CO)[C@H](O[C@H]3O[C@H](CO)[C@H](O)[C@H](NC(=O)c4ccccc4C(=O)O)[C@H]3O)[C@H](O)[C@H]2O)cc1. The van der Waals surface area contributed by atoms with Gasteiger partial charge < -0.3 is 64.7 Å². The number of carboxylic acids is 1. The predicted molar refractivity (Wildman–Crippen MR) is 139 cm³/mol. The lowest BCUT2D eigenvalue weighted by atomic mass is 9.94. The molecule has 0 bridgehead atoms. The van der Waals surface area contributed by atoms with Gasteiger partial charge in [0, 0.05) is 0 Å². The van der Waals surface area contributed by atoms with Crippen molar-refractivity contribution in [3.8, 4) is 11.5 Å². The normalized spacial score (nSPS) is 33.0. The smallest absolute Gasteiger partial charge is 0.336 e. The summed E-state index contributed by atoms with van der Waals surface area (Å²) in [4.78, 5) is 24.5. The number of aliphatic hydroxyl groups is 6. The molecule has 15 nitrogen and oxygen atoms in total. The van der Waals surface area contributed by atoms with Crippen molar-refractivity contribution in [2.45, 2.75) is 61.3 Å². The fourth-order valence-corrected chi connectivity index (χ4v) is 4.73. The number of carboxylic acid groups (broad SMARTS) is 1. The molecular formula is C27H33NO14. The number of rotatable bonds is 10. The minimum Gasteiger partial charge on any atom is -0.497 e. The van der Waals surface area contributed by atoms with E-state index < -0.39 is 86.4 Å². The maximum Gasteiger partial charge on any atom is 0.336 e. The molecule has 230 valence electrons. The van der Waals surface area contributed by atoms with Crippen LogP contribution in [0.1, 0.15) is 20.7 Å². The Balaban J connectivity index is 1.49. The molecule has 4 rings (SSSR count). The van der Waals surface area contributed by atoms with Crippen molar-refractivity contribution in [2.75, 3.05) is 20.3 Å². The van der Waals surface area contributed by atoms with Crippen molar-refractivity contribution in [3.05, 3.63) is 59.7 Å². The van der Waals surface area contributed by atoms with Crippen molar-refractivity contribution in [3.63, 3.8) is 0 Å². The van der Waals surface area contributed by atoms with Crippen LogP contribution in [0, 0.1) is 0 Å². The molecule has 2 aromatic rings. The molecule has 2 aliphatic rings. The molecule has 0 unspecified atom stereocenters. The molecule has 10 atom stereocenters. The molecule has 1 amide bonds. The summed E-state index contributed by atoms with van der Waals surface area (Å²) in [5, 5.41) is 74.8. The highest BCUT2D eigenvalue weighted by molar-refractivity contribution is 6.04. The zero-order valence-electron chi connectivity index (χ0n) is 22.3. The summed E-state index contributed by atoms with van der Waals surface area (Å²) < 4.78 is 27.5. The summed E-state index contributed by atoms with van der Waals surface area (Å²) in [5.74, 6) is -1.52. The summed E-state index contributed by atoms with van der Waals surface area (Å²) in [6.45, 7) is -1.50. The first-order valence-corrected chi connectivity index (χ1v) is 12.9. The van der Waals surface area contributed by atoms with Crippen molar-refractivity contribution < 1.29 is 69.0 Å². The van der Waals surface area contributed by atoms with E-state index >= 15 is 0 Å². The van der Waals surface area contributed by atoms with E-state index in [4.69, 9.17) is 23.7 Å². The number of amides is 1. The number of benzene rings is 2. The largest absolute Gasteiger partial charge is 0.497 e. The lowest BCUT2D eigenvalue weighted by Crippen LogP contribution is -2.67. The van der Waals surface area contributed by atoms with Gasteiger partial charge >= 0.3 is 5.97 Å². The highest BCUT2D eigenvalue weighted by Crippen LogP contribution is 2.31. The number of aromatic carboxylic acids is 1. The zero-order valence-corrected chi connectivity index (χ0v) is 22.3. The number of nitrogens with one attached hydrogen (secondary N) is 1. The monoisotopic (exact) mass is 595 g/mol. The van der Waals surface area contributed by atoms with E-state index in [9.17, 15) is 45.3 Å². The van der Waals surface area contributed by atoms with Gasteiger partial charge in [-0.3, -0.25) is 4.79 Å². The average molecular weight is 596 g/mol. The van der Waals surface area contributed by atoms with Gasteiger partial charge in [0.05, 0.1) is 37.5 Å². The maximum atomic E-state index is 12.9. The van der Waals surface area contributed by atoms with E-state index in [1.165, 1.54) is 43.5 Å². The van der Waals surface area contributed by atoms with Crippen LogP contribution in [0.15, 0.2) is 48.5 Å². The molecular weight excluding hydrogens is 562 g/mol. The second kappa shape index (κ2) is 13.7. The van der Waals surface area contributed by atoms with E-state index in [1.54, 1.807) is 12.1 Å². The Morgan fingerprint density at radius 2 is 1.38 bits per heavy atom. The second-order valence-electron chi connectivity index (χ2n) is 9.66. The topological polar surface area (TPSA) is 234 Å². The first-order valence-electron chi connectivity index (χ1n) is 12.9. The summed E-state index contributed by atoms with van der Waals surface area (Å²) >= 11 is 0. The van der Waals surface area contributed by atoms with Crippen LogP contribution in [0.4, 0.5) is 0 Å². The van der Waals surface area contributed by atoms with Gasteiger partial charge in [0.15, 0.2) is 6.29 Å². The molecule has 0 aliphatic carbocycles. The number of methoxy groups -OCH3 is 1. The quantitative estimate of drug-likeness (QED) is 0.146. The summed E-state index contributed by atoms with van der Waals surface area (Å²) in [6.07, 6.45) is -14.3. The van der Waals surface area contributed by atoms with Crippen LogP contribution in [-0.4, -0.2) is 129 Å². The maximum absolute atomic E-state index is 12.9. The number of carbonyl (C=O) groups excluding carboxylic acids is 1. The lowest BCUT2D eigenvalue weighted by Gasteiger charge is -2.46. The molecule has 2 aromatic carbocycles. The highest BCUT2D eigenvalue weighted by atomic mass is 16.7. The second-order valence-corrected chi connectivity index (χ2v) is 9.66. The van der Waals surface area contributed by atoms with Crippen molar-refractivity contribution in [1.82, 2.24) is 5.32 Å². The van der Waals surface area contributed by atoms with Gasteiger partial charge in [-0.05, 0) is 36.4 Å². The van der Waals surface area contributed by atoms with E-state index in [0.717, 1.165) is 0 Å². The van der Waals surface area contributed by atoms with Crippen LogP contribution in [0.25, 0.3) is 0 Å². The Morgan fingerprint density at radius 3 is 1.98 bits per heavy atom. The van der Waals surface area contributed by atoms with Gasteiger partial charge in [-0.15, -0.1) is 0 Å². The first kappa shape index (κ1) is 31.6. The van der Waals surface area contributed by atoms with Crippen LogP contribution in [0.5, 0.6) is 11.5 Å². The fourth-order valence-electron chi connectivity index (χ4n) is 4.73. The Labute approximate surface area is 239 Å². The third-order valence-electron chi connectivity index (χ3n) is 7.01. The van der Waals surface area contributed by atoms with Crippen molar-refractivity contribution in [1.29, 1.82) is 0 Å². The zero-order chi connectivity index (χ0) is 30.6. The lowest BCUT2D eigenvalue weighted by molar-refractivity contribution is -0.343. The molecule has 15 heteroatoms. The summed E-state index contributed by atoms with van der Waals surface area (Å²) in [7, 11) is 1.48. The first-order chi connectivity index (χ1) is 20.1. The minimum absolute atomic E-state index is 0.253. The highest BCUT2D eigenvalue weighted by Gasteiger charge is 2.51. The van der Waals surface area contributed by atoms with E-state index in [-0.39, 0.29) is 16.9 Å². The average Bonchev–Trinajstić information content (AvgIpc) is 3.00. The van der Waals surface area contributed by atoms with E-state index in [1.807, 2.05) is 0 Å². The Hall–Kier alpha value is -3.38. The van der Waals surface area contributed by atoms with Crippen molar-refractivity contribution >= 4 is 11.9 Å². The molecule has 2 aliphatic heterocycles. The minimum atomic E-state index is -1.83. The molecule has 0 aromatic heterocycles. The Bertz CT molecular complexity index is 1210. The standard InChI is InChI=1S/C27H33NO14/c1-38-12-6-8-13(9-7-12)39-27-22(34)21(33)23(17(11-30)41-27)42-26-20(32)18(19(31)16(10-29)40-26)28-24(35)14-4-2-3-5-15(14)25(36)37/h2-9,16-23,26-27,29-34H,10-11H2,1H3,(H,28,35)(H,36,37)/t16-,17-,18+,19+,20-,21-,22-,23+,26-,27-/m1/s1. The molecule has 2 saturated heterocycles. The van der Waals surface area contributed by atoms with E-state index in [2.05, 4.69) is 5.32 Å². The van der Waals surface area contributed by atoms with E-state index in [0.29, 0.717) is 5.75 Å². The molecule has 2 fully saturated rings. The Morgan fingerprint density at radius 1 is 0.786 bits per heavy atom. The molecule has 0 radical (unpaired) electrons. The molecule has 8 N–H and O–H groups in total. The summed E-state index contributed by atoms with van der Waals surface area (Å²) in [5.41, 5.74) is -0.581. The van der Waals surface area contributed by atoms with Gasteiger partial charge in [0.1, 0.15) is 54.2 Å². The van der Waals surface area contributed by atoms with Crippen LogP contribution in [0.3, 0.4) is 0 Å². The number of aliphatic hydroxyl groups excluding tert-OH is 6. The number of ether oxygens (including phenoxy) is 5. The molecule has 0 spiro atoms. The number of hydrogen-bond acceptors (Lipinski definition) is 13. The predicted octanol–water partition coefficient (Wildman–Crippen LogP) is -2.17. The van der Waals surface area contributed by atoms with Gasteiger partial charge in [-0.25, -0.2) is 4.79 Å². The molecule has 0 saturated carbocycles. The van der Waals surface area contributed by atoms with Crippen LogP contribution >= 0.6 is 0 Å². The third-order valence-corrected chi connectivity index (χ3v) is 7.01. The fraction of sp³-hybridized carbons (Fsp3) is 0.481. The van der Waals surface area contributed by atoms with Gasteiger partial charge in [0.25, 0.3) is 5.91 Å².